The van der Waals surface area contributed by atoms with Crippen LogP contribution in [0.4, 0.5) is 4.79 Å². The molecule has 1 aliphatic rings. The zero-order valence-electron chi connectivity index (χ0n) is 11.7. The van der Waals surface area contributed by atoms with Gasteiger partial charge in [0.15, 0.2) is 0 Å². The molecular weight excluding hydrogens is 248 g/mol. The van der Waals surface area contributed by atoms with Gasteiger partial charge in [-0.15, -0.1) is 0 Å². The van der Waals surface area contributed by atoms with Crippen LogP contribution in [0.5, 0.6) is 0 Å². The van der Waals surface area contributed by atoms with E-state index in [9.17, 15) is 9.59 Å². The number of amides is 2. The van der Waals surface area contributed by atoms with E-state index in [4.69, 9.17) is 9.84 Å². The molecule has 0 spiro atoms. The van der Waals surface area contributed by atoms with Gasteiger partial charge in [-0.25, -0.2) is 4.79 Å². The predicted octanol–water partition coefficient (Wildman–Crippen LogP) is 1.31. The summed E-state index contributed by atoms with van der Waals surface area (Å²) >= 11 is 0. The molecule has 1 saturated heterocycles. The topological polar surface area (TPSA) is 78.9 Å². The molecule has 1 heterocycles. The summed E-state index contributed by atoms with van der Waals surface area (Å²) in [6, 6.07) is -0.123. The van der Waals surface area contributed by atoms with Crippen molar-refractivity contribution in [2.75, 3.05) is 26.2 Å². The van der Waals surface area contributed by atoms with E-state index in [2.05, 4.69) is 5.32 Å². The normalized spacial score (nSPS) is 20.9. The van der Waals surface area contributed by atoms with Crippen molar-refractivity contribution in [3.8, 4) is 0 Å². The van der Waals surface area contributed by atoms with E-state index in [0.29, 0.717) is 26.2 Å². The summed E-state index contributed by atoms with van der Waals surface area (Å²) in [5.41, 5.74) is 0. The third-order valence-corrected chi connectivity index (χ3v) is 3.26. The molecule has 0 aromatic carbocycles. The van der Waals surface area contributed by atoms with Gasteiger partial charge in [-0.05, 0) is 32.6 Å². The summed E-state index contributed by atoms with van der Waals surface area (Å²) in [7, 11) is 0. The van der Waals surface area contributed by atoms with Crippen molar-refractivity contribution in [2.24, 2.45) is 5.92 Å². The Morgan fingerprint density at radius 3 is 2.89 bits per heavy atom. The molecule has 110 valence electrons. The number of ether oxygens (including phenoxy) is 1. The second-order valence-electron chi connectivity index (χ2n) is 5.00. The molecule has 0 aromatic rings. The average molecular weight is 272 g/mol. The standard InChI is InChI=1S/C13H24N2O4/c1-3-19-10(2)8-14-13(18)15-6-4-5-11(9-15)7-12(16)17/h10-11H,3-9H2,1-2H3,(H,14,18)(H,16,17). The van der Waals surface area contributed by atoms with Gasteiger partial charge >= 0.3 is 12.0 Å². The molecule has 6 heteroatoms. The third kappa shape index (κ3) is 5.92. The van der Waals surface area contributed by atoms with Gasteiger partial charge in [0.2, 0.25) is 0 Å². The number of carboxylic acids is 1. The lowest BCUT2D eigenvalue weighted by atomic mass is 9.95. The van der Waals surface area contributed by atoms with Crippen LogP contribution in [0.1, 0.15) is 33.1 Å². The Labute approximate surface area is 114 Å². The van der Waals surface area contributed by atoms with Crippen LogP contribution in [0.15, 0.2) is 0 Å². The van der Waals surface area contributed by atoms with Crippen molar-refractivity contribution in [3.05, 3.63) is 0 Å². The second-order valence-corrected chi connectivity index (χ2v) is 5.00. The van der Waals surface area contributed by atoms with Crippen LogP contribution in [0.3, 0.4) is 0 Å². The first kappa shape index (κ1) is 15.8. The van der Waals surface area contributed by atoms with Crippen LogP contribution in [0, 0.1) is 5.92 Å². The van der Waals surface area contributed by atoms with Crippen LogP contribution >= 0.6 is 0 Å². The fraction of sp³-hybridized carbons (Fsp3) is 0.846. The molecule has 1 aliphatic heterocycles. The zero-order valence-corrected chi connectivity index (χ0v) is 11.7. The fourth-order valence-corrected chi connectivity index (χ4v) is 2.35. The van der Waals surface area contributed by atoms with Crippen LogP contribution in [0.25, 0.3) is 0 Å². The van der Waals surface area contributed by atoms with E-state index < -0.39 is 5.97 Å². The van der Waals surface area contributed by atoms with E-state index in [-0.39, 0.29) is 24.5 Å². The summed E-state index contributed by atoms with van der Waals surface area (Å²) in [4.78, 5) is 24.3. The van der Waals surface area contributed by atoms with Crippen molar-refractivity contribution < 1.29 is 19.4 Å². The molecule has 0 saturated carbocycles. The highest BCUT2D eigenvalue weighted by molar-refractivity contribution is 5.74. The maximum absolute atomic E-state index is 11.9. The number of likely N-dealkylation sites (tertiary alicyclic amines) is 1. The van der Waals surface area contributed by atoms with Gasteiger partial charge in [-0.1, -0.05) is 0 Å². The number of hydrogen-bond donors (Lipinski definition) is 2. The smallest absolute Gasteiger partial charge is 0.317 e. The number of carboxylic acid groups (broad SMARTS) is 1. The molecule has 0 aliphatic carbocycles. The number of carbonyl (C=O) groups is 2. The maximum atomic E-state index is 11.9. The maximum Gasteiger partial charge on any atom is 0.317 e. The highest BCUT2D eigenvalue weighted by Gasteiger charge is 2.25. The number of piperidine rings is 1. The summed E-state index contributed by atoms with van der Waals surface area (Å²) in [6.45, 7) is 6.16. The third-order valence-electron chi connectivity index (χ3n) is 3.26. The van der Waals surface area contributed by atoms with Crippen molar-refractivity contribution in [1.29, 1.82) is 0 Å². The first-order chi connectivity index (χ1) is 9.02. The van der Waals surface area contributed by atoms with E-state index in [1.807, 2.05) is 13.8 Å². The van der Waals surface area contributed by atoms with E-state index in [0.717, 1.165) is 12.8 Å². The summed E-state index contributed by atoms with van der Waals surface area (Å²) < 4.78 is 5.34. The number of rotatable bonds is 6. The molecule has 2 unspecified atom stereocenters. The Hall–Kier alpha value is -1.30. The molecule has 0 aromatic heterocycles. The minimum Gasteiger partial charge on any atom is -0.481 e. The highest BCUT2D eigenvalue weighted by Crippen LogP contribution is 2.19. The van der Waals surface area contributed by atoms with Gasteiger partial charge in [0.25, 0.3) is 0 Å². The van der Waals surface area contributed by atoms with Gasteiger partial charge in [0.1, 0.15) is 0 Å². The SMILES string of the molecule is CCOC(C)CNC(=O)N1CCCC(CC(=O)O)C1. The quantitative estimate of drug-likeness (QED) is 0.764. The van der Waals surface area contributed by atoms with Crippen LogP contribution in [0.2, 0.25) is 0 Å². The lowest BCUT2D eigenvalue weighted by Crippen LogP contribution is -2.47. The molecule has 2 atom stereocenters. The molecule has 1 fully saturated rings. The van der Waals surface area contributed by atoms with Crippen LogP contribution in [-0.2, 0) is 9.53 Å². The Bertz CT molecular complexity index is 309. The van der Waals surface area contributed by atoms with E-state index >= 15 is 0 Å². The number of urea groups is 1. The lowest BCUT2D eigenvalue weighted by molar-refractivity contribution is -0.138. The van der Waals surface area contributed by atoms with Gasteiger partial charge < -0.3 is 20.1 Å². The predicted molar refractivity (Wildman–Crippen MR) is 71.0 cm³/mol. The number of nitrogens with zero attached hydrogens (tertiary/aromatic N) is 1. The van der Waals surface area contributed by atoms with Gasteiger partial charge in [0.05, 0.1) is 6.10 Å². The Balaban J connectivity index is 2.33. The fourth-order valence-electron chi connectivity index (χ4n) is 2.35. The van der Waals surface area contributed by atoms with Crippen molar-refractivity contribution in [1.82, 2.24) is 10.2 Å². The molecule has 19 heavy (non-hydrogen) atoms. The number of carbonyl (C=O) groups excluding carboxylic acids is 1. The van der Waals surface area contributed by atoms with Gasteiger partial charge in [0, 0.05) is 32.7 Å². The van der Waals surface area contributed by atoms with Gasteiger partial charge in [-0.2, -0.15) is 0 Å². The lowest BCUT2D eigenvalue weighted by Gasteiger charge is -2.32. The number of hydrogen-bond acceptors (Lipinski definition) is 3. The molecule has 0 bridgehead atoms. The molecule has 0 radical (unpaired) electrons. The molecule has 1 rings (SSSR count). The first-order valence-corrected chi connectivity index (χ1v) is 6.89. The molecule has 6 nitrogen and oxygen atoms in total. The van der Waals surface area contributed by atoms with Crippen molar-refractivity contribution in [3.63, 3.8) is 0 Å². The van der Waals surface area contributed by atoms with Crippen molar-refractivity contribution in [2.45, 2.75) is 39.2 Å². The Kier molecular flexibility index (Phi) is 6.62. The minimum atomic E-state index is -0.794. The van der Waals surface area contributed by atoms with Crippen molar-refractivity contribution >= 4 is 12.0 Å². The second kappa shape index (κ2) is 7.99. The number of nitrogens with one attached hydrogen (secondary N) is 1. The summed E-state index contributed by atoms with van der Waals surface area (Å²) in [5.74, 6) is -0.724. The van der Waals surface area contributed by atoms with Crippen LogP contribution < -0.4 is 5.32 Å². The summed E-state index contributed by atoms with van der Waals surface area (Å²) in [5, 5.41) is 11.6. The van der Waals surface area contributed by atoms with Crippen LogP contribution in [-0.4, -0.2) is 54.4 Å². The Morgan fingerprint density at radius 2 is 2.26 bits per heavy atom. The Morgan fingerprint density at radius 1 is 1.53 bits per heavy atom. The zero-order chi connectivity index (χ0) is 14.3. The number of aliphatic carboxylic acids is 1. The van der Waals surface area contributed by atoms with Gasteiger partial charge in [-0.3, -0.25) is 4.79 Å². The van der Waals surface area contributed by atoms with E-state index in [1.165, 1.54) is 0 Å². The molecule has 2 amide bonds. The monoisotopic (exact) mass is 272 g/mol. The molecular formula is C13H24N2O4. The summed E-state index contributed by atoms with van der Waals surface area (Å²) in [6.07, 6.45) is 1.88. The minimum absolute atomic E-state index is 0.00597. The largest absolute Gasteiger partial charge is 0.481 e. The van der Waals surface area contributed by atoms with E-state index in [1.54, 1.807) is 4.90 Å². The highest BCUT2D eigenvalue weighted by atomic mass is 16.5. The first-order valence-electron chi connectivity index (χ1n) is 6.89. The average Bonchev–Trinajstić information content (AvgIpc) is 2.36. The molecule has 2 N–H and O–H groups in total.